The zero-order valence-corrected chi connectivity index (χ0v) is 18.5. The van der Waals surface area contributed by atoms with Crippen molar-refractivity contribution in [1.29, 1.82) is 0 Å². The summed E-state index contributed by atoms with van der Waals surface area (Å²) in [6.45, 7) is 3.52. The highest BCUT2D eigenvalue weighted by Crippen LogP contribution is 2.36. The molecule has 1 heterocycles. The van der Waals surface area contributed by atoms with Gasteiger partial charge in [-0.25, -0.2) is 8.42 Å². The van der Waals surface area contributed by atoms with Crippen molar-refractivity contribution in [3.05, 3.63) is 106 Å². The van der Waals surface area contributed by atoms with E-state index in [-0.39, 0.29) is 17.2 Å². The van der Waals surface area contributed by atoms with Crippen molar-refractivity contribution < 1.29 is 18.0 Å². The largest absolute Gasteiger partial charge is 0.360 e. The Hall–Kier alpha value is -3.71. The first-order valence-corrected chi connectivity index (χ1v) is 11.5. The van der Waals surface area contributed by atoms with Gasteiger partial charge in [0.2, 0.25) is 5.78 Å². The Kier molecular flexibility index (Phi) is 5.67. The first-order valence-electron chi connectivity index (χ1n) is 10.1. The molecule has 0 spiro atoms. The van der Waals surface area contributed by atoms with Crippen molar-refractivity contribution in [2.24, 2.45) is 0 Å². The standard InChI is InChI=1S/C25H22N2O4S/c1-17-6-5-7-19(14-17)16-27-23-9-4-3-8-22(23)25(29)24(32(27,30)31)15-26-21-12-10-20(11-13-21)18(2)28/h3-15,26H,16H2,1-2H3/b24-15+. The number of Topliss-reactive ketones (excluding diaryl/α,β-unsaturated/α-hetero) is 2. The van der Waals surface area contributed by atoms with E-state index in [2.05, 4.69) is 5.32 Å². The molecule has 0 aromatic heterocycles. The Morgan fingerprint density at radius 2 is 1.72 bits per heavy atom. The Bertz CT molecular complexity index is 1340. The molecule has 0 unspecified atom stereocenters. The van der Waals surface area contributed by atoms with Crippen molar-refractivity contribution in [2.75, 3.05) is 9.62 Å². The number of hydrogen-bond donors (Lipinski definition) is 1. The van der Waals surface area contributed by atoms with E-state index in [1.54, 1.807) is 48.5 Å². The fourth-order valence-corrected chi connectivity index (χ4v) is 5.14. The van der Waals surface area contributed by atoms with E-state index in [0.717, 1.165) is 11.1 Å². The second-order valence-electron chi connectivity index (χ2n) is 7.63. The van der Waals surface area contributed by atoms with E-state index >= 15 is 0 Å². The van der Waals surface area contributed by atoms with Crippen LogP contribution in [0.1, 0.15) is 38.8 Å². The Labute approximate surface area is 187 Å². The highest BCUT2D eigenvalue weighted by Gasteiger charge is 2.40. The molecule has 3 aromatic rings. The van der Waals surface area contributed by atoms with Crippen LogP contribution >= 0.6 is 0 Å². The van der Waals surface area contributed by atoms with Gasteiger partial charge in [-0.3, -0.25) is 13.9 Å². The molecule has 0 amide bonds. The lowest BCUT2D eigenvalue weighted by Crippen LogP contribution is -2.39. The molecule has 0 fully saturated rings. The summed E-state index contributed by atoms with van der Waals surface area (Å²) in [6, 6.07) is 20.9. The number of ketones is 2. The van der Waals surface area contributed by atoms with Crippen molar-refractivity contribution in [2.45, 2.75) is 20.4 Å². The quantitative estimate of drug-likeness (QED) is 0.454. The molecule has 162 valence electrons. The minimum absolute atomic E-state index is 0.0664. The number of hydrogen-bond acceptors (Lipinski definition) is 5. The maximum atomic E-state index is 13.5. The zero-order chi connectivity index (χ0) is 22.9. The lowest BCUT2D eigenvalue weighted by Gasteiger charge is -2.31. The molecule has 1 aliphatic rings. The summed E-state index contributed by atoms with van der Waals surface area (Å²) in [7, 11) is -4.10. The van der Waals surface area contributed by atoms with Crippen LogP contribution in [0.2, 0.25) is 0 Å². The number of aryl methyl sites for hydroxylation is 1. The molecule has 0 saturated heterocycles. The SMILES string of the molecule is CC(=O)c1ccc(N/C=C2\C(=O)c3ccccc3N(Cc3cccc(C)c3)S2(=O)=O)cc1. The number of carbonyl (C=O) groups is 2. The van der Waals surface area contributed by atoms with Crippen molar-refractivity contribution in [3.8, 4) is 0 Å². The van der Waals surface area contributed by atoms with Crippen LogP contribution in [-0.4, -0.2) is 20.0 Å². The van der Waals surface area contributed by atoms with Crippen molar-refractivity contribution in [3.63, 3.8) is 0 Å². The molecule has 4 rings (SSSR count). The molecule has 0 radical (unpaired) electrons. The first kappa shape index (κ1) is 21.5. The van der Waals surface area contributed by atoms with Gasteiger partial charge in [0, 0.05) is 23.0 Å². The number of allylic oxidation sites excluding steroid dienone is 1. The molecular weight excluding hydrogens is 424 g/mol. The average Bonchev–Trinajstić information content (AvgIpc) is 2.77. The van der Waals surface area contributed by atoms with Gasteiger partial charge in [0.05, 0.1) is 12.2 Å². The normalized spacial score (nSPS) is 16.0. The number of sulfonamides is 1. The smallest absolute Gasteiger partial charge is 0.270 e. The molecule has 0 atom stereocenters. The average molecular weight is 447 g/mol. The van der Waals surface area contributed by atoms with Gasteiger partial charge in [0.1, 0.15) is 0 Å². The van der Waals surface area contributed by atoms with Gasteiger partial charge < -0.3 is 5.32 Å². The molecule has 3 aromatic carbocycles. The number of benzene rings is 3. The lowest BCUT2D eigenvalue weighted by molar-refractivity contribution is 0.101. The number of nitrogens with zero attached hydrogens (tertiary/aromatic N) is 1. The summed E-state index contributed by atoms with van der Waals surface area (Å²) >= 11 is 0. The van der Waals surface area contributed by atoms with Crippen LogP contribution in [0.3, 0.4) is 0 Å². The number of carbonyl (C=O) groups excluding carboxylic acids is 2. The molecular formula is C25H22N2O4S. The molecule has 0 bridgehead atoms. The lowest BCUT2D eigenvalue weighted by atomic mass is 10.1. The molecule has 7 heteroatoms. The second kappa shape index (κ2) is 8.43. The Balaban J connectivity index is 1.74. The summed E-state index contributed by atoms with van der Waals surface area (Å²) in [6.07, 6.45) is 1.22. The van der Waals surface area contributed by atoms with Crippen LogP contribution in [0.25, 0.3) is 0 Å². The zero-order valence-electron chi connectivity index (χ0n) is 17.7. The third-order valence-electron chi connectivity index (χ3n) is 5.28. The summed E-state index contributed by atoms with van der Waals surface area (Å²) in [4.78, 5) is 24.2. The predicted octanol–water partition coefficient (Wildman–Crippen LogP) is 4.68. The molecule has 6 nitrogen and oxygen atoms in total. The van der Waals surface area contributed by atoms with E-state index < -0.39 is 15.8 Å². The van der Waals surface area contributed by atoms with E-state index in [9.17, 15) is 18.0 Å². The summed E-state index contributed by atoms with van der Waals surface area (Å²) in [5.74, 6) is -0.628. The van der Waals surface area contributed by atoms with Crippen LogP contribution in [0.5, 0.6) is 0 Å². The topological polar surface area (TPSA) is 83.6 Å². The van der Waals surface area contributed by atoms with Crippen LogP contribution in [0, 0.1) is 6.92 Å². The minimum atomic E-state index is -4.10. The summed E-state index contributed by atoms with van der Waals surface area (Å²) in [5.41, 5.74) is 3.65. The van der Waals surface area contributed by atoms with E-state index in [1.165, 1.54) is 17.4 Å². The van der Waals surface area contributed by atoms with Crippen LogP contribution in [0.4, 0.5) is 11.4 Å². The number of para-hydroxylation sites is 1. The highest BCUT2D eigenvalue weighted by atomic mass is 32.2. The van der Waals surface area contributed by atoms with Gasteiger partial charge in [0.15, 0.2) is 10.7 Å². The molecule has 0 saturated carbocycles. The number of nitrogens with one attached hydrogen (secondary N) is 1. The molecule has 1 aliphatic heterocycles. The third kappa shape index (κ3) is 4.07. The summed E-state index contributed by atoms with van der Waals surface area (Å²) < 4.78 is 28.3. The van der Waals surface area contributed by atoms with Gasteiger partial charge in [-0.05, 0) is 55.8 Å². The molecule has 0 aliphatic carbocycles. The van der Waals surface area contributed by atoms with E-state index in [4.69, 9.17) is 0 Å². The number of anilines is 2. The van der Waals surface area contributed by atoms with Crippen molar-refractivity contribution in [1.82, 2.24) is 0 Å². The maximum Gasteiger partial charge on any atom is 0.270 e. The van der Waals surface area contributed by atoms with Gasteiger partial charge in [-0.15, -0.1) is 0 Å². The Morgan fingerprint density at radius 3 is 2.41 bits per heavy atom. The summed E-state index contributed by atoms with van der Waals surface area (Å²) in [5, 5.41) is 2.89. The van der Waals surface area contributed by atoms with Gasteiger partial charge in [-0.1, -0.05) is 42.0 Å². The maximum absolute atomic E-state index is 13.5. The van der Waals surface area contributed by atoms with Gasteiger partial charge >= 0.3 is 0 Å². The fourth-order valence-electron chi connectivity index (χ4n) is 3.62. The highest BCUT2D eigenvalue weighted by molar-refractivity contribution is 7.97. The number of fused-ring (bicyclic) bond motifs is 1. The molecule has 32 heavy (non-hydrogen) atoms. The van der Waals surface area contributed by atoms with Crippen molar-refractivity contribution >= 4 is 33.0 Å². The van der Waals surface area contributed by atoms with Crippen LogP contribution < -0.4 is 9.62 Å². The second-order valence-corrected chi connectivity index (χ2v) is 9.46. The van der Waals surface area contributed by atoms with Crippen LogP contribution in [-0.2, 0) is 16.6 Å². The number of rotatable bonds is 5. The fraction of sp³-hybridized carbons (Fsp3) is 0.120. The minimum Gasteiger partial charge on any atom is -0.360 e. The predicted molar refractivity (Wildman–Crippen MR) is 125 cm³/mol. The monoisotopic (exact) mass is 446 g/mol. The Morgan fingerprint density at radius 1 is 1.00 bits per heavy atom. The molecule has 1 N–H and O–H groups in total. The third-order valence-corrected chi connectivity index (χ3v) is 7.04. The van der Waals surface area contributed by atoms with E-state index in [1.807, 2.05) is 31.2 Å². The van der Waals surface area contributed by atoms with Gasteiger partial charge in [0.25, 0.3) is 10.0 Å². The van der Waals surface area contributed by atoms with E-state index in [0.29, 0.717) is 22.5 Å². The van der Waals surface area contributed by atoms with Gasteiger partial charge in [-0.2, -0.15) is 0 Å². The first-order chi connectivity index (χ1) is 15.3. The van der Waals surface area contributed by atoms with Crippen LogP contribution in [0.15, 0.2) is 83.9 Å².